The molecule has 1 aromatic rings. The molecule has 2 rings (SSSR count). The van der Waals surface area contributed by atoms with Gasteiger partial charge >= 0.3 is 0 Å². The summed E-state index contributed by atoms with van der Waals surface area (Å²) in [5, 5.41) is 11.7. The van der Waals surface area contributed by atoms with Crippen molar-refractivity contribution in [2.75, 3.05) is 20.6 Å². The third-order valence-corrected chi connectivity index (χ3v) is 4.51. The fourth-order valence-electron chi connectivity index (χ4n) is 2.72. The summed E-state index contributed by atoms with van der Waals surface area (Å²) in [6.45, 7) is 2.26. The Hall–Kier alpha value is -0.780. The lowest BCUT2D eigenvalue weighted by molar-refractivity contribution is -1.08. The molecule has 2 unspecified atom stereocenters. The van der Waals surface area contributed by atoms with Gasteiger partial charge in [0.25, 0.3) is 0 Å². The summed E-state index contributed by atoms with van der Waals surface area (Å²) in [4.78, 5) is 2.00. The van der Waals surface area contributed by atoms with E-state index in [1.165, 1.54) is 0 Å². The van der Waals surface area contributed by atoms with Crippen LogP contribution in [0, 0.1) is 0 Å². The van der Waals surface area contributed by atoms with Crippen LogP contribution < -0.4 is 5.73 Å². The van der Waals surface area contributed by atoms with Crippen molar-refractivity contribution >= 4 is 23.2 Å². The van der Waals surface area contributed by atoms with Crippen LogP contribution in [0.15, 0.2) is 29.6 Å². The number of rotatable bonds is 2. The molecule has 19 heavy (non-hydrogen) atoms. The second-order valence-electron chi connectivity index (χ2n) is 4.92. The Morgan fingerprint density at radius 1 is 1.37 bits per heavy atom. The molecule has 1 aliphatic rings. The molecule has 6 heteroatoms. The highest BCUT2D eigenvalue weighted by Gasteiger charge is 2.48. The van der Waals surface area contributed by atoms with Crippen LogP contribution in [0.5, 0.6) is 0 Å². The number of allylic oxidation sites excluding steroid dienone is 1. The van der Waals surface area contributed by atoms with Crippen molar-refractivity contribution in [3.8, 4) is 0 Å². The smallest absolute Gasteiger partial charge is 0.225 e. The second-order valence-corrected chi connectivity index (χ2v) is 5.74. The number of hydroxylamine groups is 3. The Bertz CT molecular complexity index is 543. The number of benzene rings is 1. The average molecular weight is 303 g/mol. The zero-order valence-corrected chi connectivity index (χ0v) is 12.7. The SMILES string of the molecule is CC1=C(CN)[N+](C)(O)C(c2ccc(Cl)c(Cl)c2)N1C. The maximum atomic E-state index is 10.8. The first-order valence-corrected chi connectivity index (χ1v) is 6.73. The molecule has 0 fully saturated rings. The van der Waals surface area contributed by atoms with Crippen molar-refractivity contribution in [2.24, 2.45) is 5.73 Å². The van der Waals surface area contributed by atoms with Gasteiger partial charge in [0.15, 0.2) is 5.70 Å². The molecule has 1 heterocycles. The summed E-state index contributed by atoms with van der Waals surface area (Å²) < 4.78 is -0.281. The Morgan fingerprint density at radius 2 is 2.00 bits per heavy atom. The predicted octanol–water partition coefficient (Wildman–Crippen LogP) is 2.96. The van der Waals surface area contributed by atoms with E-state index in [9.17, 15) is 5.21 Å². The van der Waals surface area contributed by atoms with Gasteiger partial charge in [-0.3, -0.25) is 0 Å². The van der Waals surface area contributed by atoms with E-state index in [0.29, 0.717) is 16.6 Å². The van der Waals surface area contributed by atoms with Crippen molar-refractivity contribution in [1.29, 1.82) is 0 Å². The van der Waals surface area contributed by atoms with Gasteiger partial charge in [-0.25, -0.2) is 5.21 Å². The zero-order chi connectivity index (χ0) is 14.4. The van der Waals surface area contributed by atoms with Gasteiger partial charge in [-0.2, -0.15) is 0 Å². The molecule has 4 nitrogen and oxygen atoms in total. The van der Waals surface area contributed by atoms with E-state index in [1.807, 2.05) is 24.9 Å². The van der Waals surface area contributed by atoms with Gasteiger partial charge in [-0.05, 0) is 25.1 Å². The molecule has 0 amide bonds. The molecule has 0 aromatic heterocycles. The first kappa shape index (κ1) is 14.6. The van der Waals surface area contributed by atoms with E-state index in [2.05, 4.69) is 0 Å². The van der Waals surface area contributed by atoms with Crippen molar-refractivity contribution in [1.82, 2.24) is 4.90 Å². The molecule has 0 radical (unpaired) electrons. The van der Waals surface area contributed by atoms with Crippen LogP contribution in [-0.2, 0) is 0 Å². The minimum Gasteiger partial charge on any atom is -0.322 e. The minimum atomic E-state index is -0.281. The molecule has 3 N–H and O–H groups in total. The van der Waals surface area contributed by atoms with Crippen LogP contribution in [0.4, 0.5) is 0 Å². The molecular formula is C13H18Cl2N3O+. The number of hydrogen-bond acceptors (Lipinski definition) is 3. The van der Waals surface area contributed by atoms with E-state index < -0.39 is 0 Å². The number of nitrogens with two attached hydrogens (primary N) is 1. The van der Waals surface area contributed by atoms with Gasteiger partial charge in [0.1, 0.15) is 7.05 Å². The van der Waals surface area contributed by atoms with Gasteiger partial charge < -0.3 is 10.6 Å². The minimum absolute atomic E-state index is 0.270. The molecule has 2 atom stereocenters. The average Bonchev–Trinajstić information content (AvgIpc) is 2.50. The van der Waals surface area contributed by atoms with Crippen molar-refractivity contribution in [3.05, 3.63) is 45.2 Å². The normalized spacial score (nSPS) is 27.3. The third-order valence-electron chi connectivity index (χ3n) is 3.77. The number of likely N-dealkylation sites (N-methyl/N-ethyl adjacent to an activating group) is 1. The Labute approximate surface area is 123 Å². The molecule has 0 saturated carbocycles. The first-order chi connectivity index (χ1) is 8.80. The van der Waals surface area contributed by atoms with Gasteiger partial charge in [-0.15, -0.1) is 4.65 Å². The summed E-state index contributed by atoms with van der Waals surface area (Å²) in [5.74, 6) is 0. The lowest BCUT2D eigenvalue weighted by Gasteiger charge is -2.32. The molecule has 1 aromatic carbocycles. The number of hydrogen-bond donors (Lipinski definition) is 2. The van der Waals surface area contributed by atoms with E-state index >= 15 is 0 Å². The number of quaternary nitrogens is 1. The fraction of sp³-hybridized carbons (Fsp3) is 0.385. The van der Waals surface area contributed by atoms with E-state index in [0.717, 1.165) is 17.0 Å². The van der Waals surface area contributed by atoms with Crippen molar-refractivity contribution < 1.29 is 9.85 Å². The quantitative estimate of drug-likeness (QED) is 0.826. The van der Waals surface area contributed by atoms with Crippen molar-refractivity contribution in [2.45, 2.75) is 13.1 Å². The summed E-state index contributed by atoms with van der Waals surface area (Å²) >= 11 is 12.0. The summed E-state index contributed by atoms with van der Waals surface area (Å²) in [6.07, 6.45) is -0.270. The highest BCUT2D eigenvalue weighted by molar-refractivity contribution is 6.42. The first-order valence-electron chi connectivity index (χ1n) is 5.97. The fourth-order valence-corrected chi connectivity index (χ4v) is 3.03. The third kappa shape index (κ3) is 2.24. The molecule has 0 spiro atoms. The maximum Gasteiger partial charge on any atom is 0.225 e. The summed E-state index contributed by atoms with van der Waals surface area (Å²) in [5.41, 5.74) is 8.41. The standard InChI is InChI=1S/C13H18Cl2N3O/c1-8-12(7-16)18(3,19)13(17(8)2)9-4-5-10(14)11(15)6-9/h4-6,13,19H,7,16H2,1-3H3/q+1. The van der Waals surface area contributed by atoms with Gasteiger partial charge in [0, 0.05) is 12.6 Å². The molecule has 1 aliphatic heterocycles. The highest BCUT2D eigenvalue weighted by Crippen LogP contribution is 2.42. The highest BCUT2D eigenvalue weighted by atomic mass is 35.5. The molecule has 0 aliphatic carbocycles. The number of nitrogens with zero attached hydrogens (tertiary/aromatic N) is 2. The maximum absolute atomic E-state index is 10.8. The predicted molar refractivity (Wildman–Crippen MR) is 76.7 cm³/mol. The van der Waals surface area contributed by atoms with Crippen LogP contribution in [0.25, 0.3) is 0 Å². The largest absolute Gasteiger partial charge is 0.322 e. The topological polar surface area (TPSA) is 49.5 Å². The van der Waals surface area contributed by atoms with Crippen LogP contribution >= 0.6 is 23.2 Å². The molecule has 0 bridgehead atoms. The van der Waals surface area contributed by atoms with Crippen LogP contribution in [0.2, 0.25) is 10.0 Å². The van der Waals surface area contributed by atoms with Crippen LogP contribution in [0.1, 0.15) is 18.7 Å². The lowest BCUT2D eigenvalue weighted by atomic mass is 10.1. The summed E-state index contributed by atoms with van der Waals surface area (Å²) in [7, 11) is 3.65. The molecular weight excluding hydrogens is 285 g/mol. The Kier molecular flexibility index (Phi) is 3.82. The Balaban J connectivity index is 2.49. The lowest BCUT2D eigenvalue weighted by Crippen LogP contribution is -2.44. The van der Waals surface area contributed by atoms with E-state index in [1.54, 1.807) is 19.2 Å². The number of halogens is 2. The molecule has 0 saturated heterocycles. The van der Waals surface area contributed by atoms with Crippen LogP contribution in [0.3, 0.4) is 0 Å². The zero-order valence-electron chi connectivity index (χ0n) is 11.2. The summed E-state index contributed by atoms with van der Waals surface area (Å²) in [6, 6.07) is 5.39. The van der Waals surface area contributed by atoms with Gasteiger partial charge in [-0.1, -0.05) is 23.2 Å². The van der Waals surface area contributed by atoms with Crippen molar-refractivity contribution in [3.63, 3.8) is 0 Å². The van der Waals surface area contributed by atoms with E-state index in [4.69, 9.17) is 28.9 Å². The molecule has 104 valence electrons. The Morgan fingerprint density at radius 3 is 2.47 bits per heavy atom. The van der Waals surface area contributed by atoms with Crippen LogP contribution in [-0.4, -0.2) is 35.4 Å². The van der Waals surface area contributed by atoms with E-state index in [-0.39, 0.29) is 10.8 Å². The van der Waals surface area contributed by atoms with Gasteiger partial charge in [0.05, 0.1) is 22.3 Å². The second kappa shape index (κ2) is 4.96. The van der Waals surface area contributed by atoms with Gasteiger partial charge in [0.2, 0.25) is 6.17 Å². The monoisotopic (exact) mass is 302 g/mol.